The molecule has 1 heterocycles. The molecule has 1 aliphatic carbocycles. The van der Waals surface area contributed by atoms with Crippen molar-refractivity contribution in [1.29, 1.82) is 0 Å². The first-order valence-corrected chi connectivity index (χ1v) is 7.72. The van der Waals surface area contributed by atoms with E-state index in [1.165, 1.54) is 6.07 Å². The number of Topliss-reactive ketones (excluding diaryl/α,β-unsaturated/α-hetero) is 1. The number of nitrogen functional groups attached to an aromatic ring is 1. The standard InChI is InChI=1S/C18H19N3O3.ClH/c1-18(2)8-14-10(15(22)9-18)7-11(17(24)21-14)16(23)20-13-6-4-3-5-12(13)19;/h3-7H,8-9,19H2,1-2H3,(H,20,23)(H,21,24);1H. The van der Waals surface area contributed by atoms with Gasteiger partial charge >= 0.3 is 0 Å². The molecule has 1 aliphatic rings. The summed E-state index contributed by atoms with van der Waals surface area (Å²) in [5, 5.41) is 2.61. The molecule has 0 atom stereocenters. The molecule has 0 unspecified atom stereocenters. The van der Waals surface area contributed by atoms with Crippen LogP contribution in [0.15, 0.2) is 35.1 Å². The fourth-order valence-corrected chi connectivity index (χ4v) is 3.00. The van der Waals surface area contributed by atoms with Gasteiger partial charge in [0.15, 0.2) is 5.78 Å². The molecule has 3 rings (SSSR count). The van der Waals surface area contributed by atoms with E-state index in [0.29, 0.717) is 35.5 Å². The molecular formula is C18H20ClN3O3. The van der Waals surface area contributed by atoms with Crippen LogP contribution in [0.2, 0.25) is 0 Å². The molecule has 132 valence electrons. The maximum absolute atomic E-state index is 12.4. The predicted molar refractivity (Wildman–Crippen MR) is 99.6 cm³/mol. The number of halogens is 1. The van der Waals surface area contributed by atoms with Gasteiger partial charge < -0.3 is 16.0 Å². The van der Waals surface area contributed by atoms with Gasteiger partial charge in [0.25, 0.3) is 11.5 Å². The molecule has 0 saturated heterocycles. The van der Waals surface area contributed by atoms with E-state index in [2.05, 4.69) is 10.3 Å². The van der Waals surface area contributed by atoms with Crippen molar-refractivity contribution in [3.63, 3.8) is 0 Å². The highest BCUT2D eigenvalue weighted by Gasteiger charge is 2.32. The first-order chi connectivity index (χ1) is 11.3. The van der Waals surface area contributed by atoms with Crippen LogP contribution in [0.3, 0.4) is 0 Å². The van der Waals surface area contributed by atoms with E-state index in [0.717, 1.165) is 0 Å². The highest BCUT2D eigenvalue weighted by Crippen LogP contribution is 2.33. The molecule has 0 spiro atoms. The van der Waals surface area contributed by atoms with Gasteiger partial charge in [0.2, 0.25) is 0 Å². The van der Waals surface area contributed by atoms with Gasteiger partial charge in [-0.3, -0.25) is 14.4 Å². The molecule has 0 fully saturated rings. The fourth-order valence-electron chi connectivity index (χ4n) is 3.00. The third kappa shape index (κ3) is 3.74. The largest absolute Gasteiger partial charge is 0.397 e. The van der Waals surface area contributed by atoms with Gasteiger partial charge in [-0.05, 0) is 30.0 Å². The van der Waals surface area contributed by atoms with Gasteiger partial charge in [-0.1, -0.05) is 26.0 Å². The van der Waals surface area contributed by atoms with E-state index in [1.807, 2.05) is 13.8 Å². The number of ketones is 1. The van der Waals surface area contributed by atoms with Crippen molar-refractivity contribution in [1.82, 2.24) is 4.98 Å². The smallest absolute Gasteiger partial charge is 0.261 e. The molecule has 2 aromatic rings. The second-order valence-electron chi connectivity index (χ2n) is 6.89. The lowest BCUT2D eigenvalue weighted by molar-refractivity contribution is 0.0910. The predicted octanol–water partition coefficient (Wildman–Crippen LogP) is 2.79. The number of carbonyl (C=O) groups excluding carboxylic acids is 2. The first-order valence-electron chi connectivity index (χ1n) is 7.72. The Morgan fingerprint density at radius 1 is 1.20 bits per heavy atom. The minimum absolute atomic E-state index is 0. The van der Waals surface area contributed by atoms with Gasteiger partial charge in [-0.2, -0.15) is 0 Å². The summed E-state index contributed by atoms with van der Waals surface area (Å²) >= 11 is 0. The van der Waals surface area contributed by atoms with Crippen LogP contribution >= 0.6 is 12.4 Å². The van der Waals surface area contributed by atoms with Gasteiger partial charge in [0.05, 0.1) is 11.4 Å². The second-order valence-corrected chi connectivity index (χ2v) is 6.89. The van der Waals surface area contributed by atoms with E-state index < -0.39 is 11.5 Å². The van der Waals surface area contributed by atoms with Crippen molar-refractivity contribution in [3.8, 4) is 0 Å². The maximum atomic E-state index is 12.4. The Balaban J connectivity index is 0.00000225. The van der Waals surface area contributed by atoms with Crippen LogP contribution < -0.4 is 16.6 Å². The summed E-state index contributed by atoms with van der Waals surface area (Å²) < 4.78 is 0. The molecule has 1 amide bonds. The van der Waals surface area contributed by atoms with E-state index in [-0.39, 0.29) is 29.2 Å². The SMILES string of the molecule is CC1(C)CC(=O)c2cc(C(=O)Nc3ccccc3N)c(=O)[nH]c2C1.Cl. The molecule has 0 saturated carbocycles. The molecule has 0 radical (unpaired) electrons. The van der Waals surface area contributed by atoms with Crippen LogP contribution in [0.5, 0.6) is 0 Å². The second kappa shape index (κ2) is 6.72. The lowest BCUT2D eigenvalue weighted by Gasteiger charge is -2.29. The van der Waals surface area contributed by atoms with E-state index in [4.69, 9.17) is 5.73 Å². The number of pyridine rings is 1. The molecule has 7 heteroatoms. The molecule has 1 aromatic heterocycles. The zero-order chi connectivity index (χ0) is 17.5. The number of nitrogens with two attached hydrogens (primary N) is 1. The van der Waals surface area contributed by atoms with Gasteiger partial charge in [-0.25, -0.2) is 0 Å². The quantitative estimate of drug-likeness (QED) is 0.715. The van der Waals surface area contributed by atoms with Crippen molar-refractivity contribution < 1.29 is 9.59 Å². The monoisotopic (exact) mass is 361 g/mol. The highest BCUT2D eigenvalue weighted by atomic mass is 35.5. The third-order valence-electron chi connectivity index (χ3n) is 4.17. The number of carbonyl (C=O) groups is 2. The number of para-hydroxylation sites is 2. The average Bonchev–Trinajstić information content (AvgIpc) is 2.47. The minimum Gasteiger partial charge on any atom is -0.397 e. The molecule has 0 aliphatic heterocycles. The number of aromatic amines is 1. The Bertz CT molecular complexity index is 903. The van der Waals surface area contributed by atoms with Crippen LogP contribution in [0.4, 0.5) is 11.4 Å². The normalized spacial score (nSPS) is 15.0. The van der Waals surface area contributed by atoms with Crippen molar-refractivity contribution >= 4 is 35.5 Å². The summed E-state index contributed by atoms with van der Waals surface area (Å²) in [6.45, 7) is 3.95. The van der Waals surface area contributed by atoms with Crippen LogP contribution in [0, 0.1) is 5.41 Å². The minimum atomic E-state index is -0.588. The fraction of sp³-hybridized carbons (Fsp3) is 0.278. The third-order valence-corrected chi connectivity index (χ3v) is 4.17. The summed E-state index contributed by atoms with van der Waals surface area (Å²) in [6, 6.07) is 8.16. The van der Waals surface area contributed by atoms with Gasteiger partial charge in [0.1, 0.15) is 5.56 Å². The Morgan fingerprint density at radius 2 is 1.88 bits per heavy atom. The molecule has 1 aromatic carbocycles. The lowest BCUT2D eigenvalue weighted by Crippen LogP contribution is -2.32. The highest BCUT2D eigenvalue weighted by molar-refractivity contribution is 6.07. The number of amides is 1. The van der Waals surface area contributed by atoms with Crippen molar-refractivity contribution in [2.24, 2.45) is 5.41 Å². The van der Waals surface area contributed by atoms with Crippen molar-refractivity contribution in [2.45, 2.75) is 26.7 Å². The topological polar surface area (TPSA) is 105 Å². The molecular weight excluding hydrogens is 342 g/mol. The van der Waals surface area contributed by atoms with Gasteiger partial charge in [-0.15, -0.1) is 12.4 Å². The van der Waals surface area contributed by atoms with Crippen LogP contribution in [0.25, 0.3) is 0 Å². The average molecular weight is 362 g/mol. The van der Waals surface area contributed by atoms with Gasteiger partial charge in [0, 0.05) is 17.7 Å². The summed E-state index contributed by atoms with van der Waals surface area (Å²) in [5.41, 5.74) is 6.83. The number of nitrogens with one attached hydrogen (secondary N) is 2. The number of hydrogen-bond acceptors (Lipinski definition) is 4. The zero-order valence-corrected chi connectivity index (χ0v) is 14.8. The number of hydrogen-bond donors (Lipinski definition) is 3. The van der Waals surface area contributed by atoms with Crippen LogP contribution in [0.1, 0.15) is 46.7 Å². The molecule has 4 N–H and O–H groups in total. The number of H-pyrrole nitrogens is 1. The van der Waals surface area contributed by atoms with Crippen molar-refractivity contribution in [2.75, 3.05) is 11.1 Å². The molecule has 0 bridgehead atoms. The molecule has 25 heavy (non-hydrogen) atoms. The summed E-state index contributed by atoms with van der Waals surface area (Å²) in [4.78, 5) is 39.7. The summed E-state index contributed by atoms with van der Waals surface area (Å²) in [6.07, 6.45) is 0.982. The number of benzene rings is 1. The Hall–Kier alpha value is -2.60. The van der Waals surface area contributed by atoms with Crippen molar-refractivity contribution in [3.05, 3.63) is 57.5 Å². The molecule has 6 nitrogen and oxygen atoms in total. The van der Waals surface area contributed by atoms with E-state index >= 15 is 0 Å². The van der Waals surface area contributed by atoms with E-state index in [1.54, 1.807) is 24.3 Å². The number of anilines is 2. The summed E-state index contributed by atoms with van der Waals surface area (Å²) in [5.74, 6) is -0.652. The van der Waals surface area contributed by atoms with Crippen LogP contribution in [-0.4, -0.2) is 16.7 Å². The van der Waals surface area contributed by atoms with Crippen LogP contribution in [-0.2, 0) is 6.42 Å². The Kier molecular flexibility index (Phi) is 5.04. The summed E-state index contributed by atoms with van der Waals surface area (Å²) in [7, 11) is 0. The zero-order valence-electron chi connectivity index (χ0n) is 14.0. The van der Waals surface area contributed by atoms with E-state index in [9.17, 15) is 14.4 Å². The lowest BCUT2D eigenvalue weighted by atomic mass is 9.75. The maximum Gasteiger partial charge on any atom is 0.261 e. The number of aromatic nitrogens is 1. The Morgan fingerprint density at radius 3 is 2.56 bits per heavy atom. The number of rotatable bonds is 2. The Labute approximate surface area is 151 Å². The first kappa shape index (κ1) is 18.7. The number of fused-ring (bicyclic) bond motifs is 1.